The number of piperidine rings is 1. The van der Waals surface area contributed by atoms with E-state index in [1.165, 1.54) is 30.5 Å². The summed E-state index contributed by atoms with van der Waals surface area (Å²) in [5.74, 6) is 0. The second-order valence-electron chi connectivity index (χ2n) is 4.22. The number of nitrogens with zero attached hydrogens (tertiary/aromatic N) is 1. The van der Waals surface area contributed by atoms with Crippen LogP contribution in [0.2, 0.25) is 0 Å². The van der Waals surface area contributed by atoms with Crippen LogP contribution in [-0.4, -0.2) is 11.9 Å². The van der Waals surface area contributed by atoms with Crippen molar-refractivity contribution in [3.63, 3.8) is 0 Å². The van der Waals surface area contributed by atoms with Gasteiger partial charge in [0.2, 0.25) is 0 Å². The van der Waals surface area contributed by atoms with Gasteiger partial charge in [-0.15, -0.1) is 0 Å². The number of anilines is 2. The lowest BCUT2D eigenvalue weighted by molar-refractivity contribution is 0.552. The van der Waals surface area contributed by atoms with Crippen LogP contribution in [0.25, 0.3) is 0 Å². The third-order valence-electron chi connectivity index (χ3n) is 3.00. The molecule has 1 unspecified atom stereocenters. The molecule has 3 heteroatoms. The highest BCUT2D eigenvalue weighted by Gasteiger charge is 2.20. The van der Waals surface area contributed by atoms with E-state index < -0.39 is 0 Å². The van der Waals surface area contributed by atoms with E-state index in [4.69, 9.17) is 5.73 Å². The van der Waals surface area contributed by atoms with Crippen LogP contribution in [0.4, 0.5) is 11.4 Å². The SMILES string of the molecule is Cc1cc(N)ccc1N1CCCCC1S. The summed E-state index contributed by atoms with van der Waals surface area (Å²) in [7, 11) is 0. The first-order chi connectivity index (χ1) is 7.18. The van der Waals surface area contributed by atoms with Crippen molar-refractivity contribution in [3.8, 4) is 0 Å². The van der Waals surface area contributed by atoms with Gasteiger partial charge in [0.15, 0.2) is 0 Å². The Morgan fingerprint density at radius 2 is 2.20 bits per heavy atom. The van der Waals surface area contributed by atoms with E-state index in [0.717, 1.165) is 12.2 Å². The second-order valence-corrected chi connectivity index (χ2v) is 4.81. The van der Waals surface area contributed by atoms with Gasteiger partial charge in [-0.1, -0.05) is 0 Å². The Morgan fingerprint density at radius 1 is 1.40 bits per heavy atom. The lowest BCUT2D eigenvalue weighted by atomic mass is 10.1. The Labute approximate surface area is 96.9 Å². The van der Waals surface area contributed by atoms with Crippen molar-refractivity contribution in [2.45, 2.75) is 31.6 Å². The van der Waals surface area contributed by atoms with Crippen LogP contribution in [0.5, 0.6) is 0 Å². The van der Waals surface area contributed by atoms with Crippen molar-refractivity contribution >= 4 is 24.0 Å². The first kappa shape index (κ1) is 10.7. The van der Waals surface area contributed by atoms with Gasteiger partial charge in [-0.2, -0.15) is 12.6 Å². The Bertz CT molecular complexity index is 351. The van der Waals surface area contributed by atoms with Crippen molar-refractivity contribution in [3.05, 3.63) is 23.8 Å². The van der Waals surface area contributed by atoms with Gasteiger partial charge in [0.1, 0.15) is 0 Å². The van der Waals surface area contributed by atoms with Gasteiger partial charge in [-0.25, -0.2) is 0 Å². The molecule has 1 aliphatic heterocycles. The predicted molar refractivity (Wildman–Crippen MR) is 69.6 cm³/mol. The number of hydrogen-bond donors (Lipinski definition) is 2. The zero-order chi connectivity index (χ0) is 10.8. The summed E-state index contributed by atoms with van der Waals surface area (Å²) in [5, 5.41) is 0.362. The molecule has 0 saturated carbocycles. The number of rotatable bonds is 1. The number of thiol groups is 1. The van der Waals surface area contributed by atoms with Crippen LogP contribution in [0.1, 0.15) is 24.8 Å². The summed E-state index contributed by atoms with van der Waals surface area (Å²) in [6.07, 6.45) is 3.73. The Balaban J connectivity index is 2.27. The molecule has 15 heavy (non-hydrogen) atoms. The van der Waals surface area contributed by atoms with Crippen LogP contribution >= 0.6 is 12.6 Å². The fourth-order valence-corrected chi connectivity index (χ4v) is 2.62. The number of benzene rings is 1. The van der Waals surface area contributed by atoms with Crippen molar-refractivity contribution < 1.29 is 0 Å². The van der Waals surface area contributed by atoms with Crippen LogP contribution in [0.15, 0.2) is 18.2 Å². The van der Waals surface area contributed by atoms with Crippen LogP contribution in [-0.2, 0) is 0 Å². The third-order valence-corrected chi connectivity index (χ3v) is 3.54. The molecule has 1 aliphatic rings. The minimum Gasteiger partial charge on any atom is -0.399 e. The molecule has 1 saturated heterocycles. The topological polar surface area (TPSA) is 29.3 Å². The monoisotopic (exact) mass is 222 g/mol. The molecule has 0 amide bonds. The van der Waals surface area contributed by atoms with Crippen molar-refractivity contribution in [2.24, 2.45) is 0 Å². The van der Waals surface area contributed by atoms with Crippen molar-refractivity contribution in [1.29, 1.82) is 0 Å². The number of nitrogen functional groups attached to an aromatic ring is 1. The number of hydrogen-bond acceptors (Lipinski definition) is 3. The molecule has 2 nitrogen and oxygen atoms in total. The summed E-state index contributed by atoms with van der Waals surface area (Å²) >= 11 is 4.64. The molecule has 0 radical (unpaired) electrons. The van der Waals surface area contributed by atoms with Crippen molar-refractivity contribution in [1.82, 2.24) is 0 Å². The maximum absolute atomic E-state index is 5.75. The lowest BCUT2D eigenvalue weighted by Crippen LogP contribution is -2.36. The zero-order valence-electron chi connectivity index (χ0n) is 9.11. The van der Waals surface area contributed by atoms with Gasteiger partial charge in [0.05, 0.1) is 5.37 Å². The maximum atomic E-state index is 5.75. The first-order valence-corrected chi connectivity index (χ1v) is 6.01. The summed E-state index contributed by atoms with van der Waals surface area (Å²) in [6, 6.07) is 6.11. The molecule has 82 valence electrons. The molecule has 2 N–H and O–H groups in total. The molecular formula is C12H18N2S. The van der Waals surface area contributed by atoms with Gasteiger partial charge in [-0.05, 0) is 49.9 Å². The minimum atomic E-state index is 0.362. The molecule has 2 rings (SSSR count). The van der Waals surface area contributed by atoms with E-state index in [1.807, 2.05) is 12.1 Å². The van der Waals surface area contributed by atoms with Gasteiger partial charge in [0, 0.05) is 17.9 Å². The molecule has 1 fully saturated rings. The fourth-order valence-electron chi connectivity index (χ4n) is 2.20. The van der Waals surface area contributed by atoms with E-state index in [1.54, 1.807) is 0 Å². The molecule has 0 spiro atoms. The van der Waals surface area contributed by atoms with Gasteiger partial charge >= 0.3 is 0 Å². The quantitative estimate of drug-likeness (QED) is 0.565. The Hall–Kier alpha value is -0.830. The third kappa shape index (κ3) is 2.23. The molecule has 1 aromatic rings. The van der Waals surface area contributed by atoms with Gasteiger partial charge in [0.25, 0.3) is 0 Å². The highest BCUT2D eigenvalue weighted by Crippen LogP contribution is 2.30. The maximum Gasteiger partial charge on any atom is 0.0721 e. The highest BCUT2D eigenvalue weighted by atomic mass is 32.1. The number of aryl methyl sites for hydroxylation is 1. The van der Waals surface area contributed by atoms with Crippen LogP contribution in [0.3, 0.4) is 0 Å². The fraction of sp³-hybridized carbons (Fsp3) is 0.500. The summed E-state index contributed by atoms with van der Waals surface area (Å²) < 4.78 is 0. The molecule has 1 atom stereocenters. The molecule has 1 heterocycles. The van der Waals surface area contributed by atoms with E-state index in [9.17, 15) is 0 Å². The summed E-state index contributed by atoms with van der Waals surface area (Å²) in [4.78, 5) is 2.38. The Kier molecular flexibility index (Phi) is 3.10. The average Bonchev–Trinajstić information content (AvgIpc) is 2.20. The second kappa shape index (κ2) is 4.35. The van der Waals surface area contributed by atoms with E-state index in [-0.39, 0.29) is 0 Å². The first-order valence-electron chi connectivity index (χ1n) is 5.49. The normalized spacial score (nSPS) is 21.7. The standard InChI is InChI=1S/C12H18N2S/c1-9-8-10(13)5-6-11(9)14-7-3-2-4-12(14)15/h5-6,8,12,15H,2-4,7,13H2,1H3. The molecule has 0 aliphatic carbocycles. The van der Waals surface area contributed by atoms with Gasteiger partial charge < -0.3 is 10.6 Å². The number of nitrogens with two attached hydrogens (primary N) is 1. The van der Waals surface area contributed by atoms with E-state index in [2.05, 4.69) is 30.5 Å². The molecule has 0 aromatic heterocycles. The van der Waals surface area contributed by atoms with E-state index in [0.29, 0.717) is 5.37 Å². The van der Waals surface area contributed by atoms with E-state index >= 15 is 0 Å². The van der Waals surface area contributed by atoms with Gasteiger partial charge in [-0.3, -0.25) is 0 Å². The summed E-state index contributed by atoms with van der Waals surface area (Å²) in [5.41, 5.74) is 9.12. The summed E-state index contributed by atoms with van der Waals surface area (Å²) in [6.45, 7) is 3.22. The lowest BCUT2D eigenvalue weighted by Gasteiger charge is -2.35. The molecular weight excluding hydrogens is 204 g/mol. The van der Waals surface area contributed by atoms with Crippen LogP contribution < -0.4 is 10.6 Å². The largest absolute Gasteiger partial charge is 0.399 e. The minimum absolute atomic E-state index is 0.362. The predicted octanol–water partition coefficient (Wildman–Crippen LogP) is 2.82. The highest BCUT2D eigenvalue weighted by molar-refractivity contribution is 7.81. The smallest absolute Gasteiger partial charge is 0.0721 e. The Morgan fingerprint density at radius 3 is 2.87 bits per heavy atom. The van der Waals surface area contributed by atoms with Crippen molar-refractivity contribution in [2.75, 3.05) is 17.2 Å². The average molecular weight is 222 g/mol. The zero-order valence-corrected chi connectivity index (χ0v) is 10.0. The van der Waals surface area contributed by atoms with Crippen LogP contribution in [0, 0.1) is 6.92 Å². The molecule has 1 aromatic carbocycles. The molecule has 0 bridgehead atoms.